The quantitative estimate of drug-likeness (QED) is 0.0212. The van der Waals surface area contributed by atoms with Gasteiger partial charge in [0, 0.05) is 36.8 Å². The average molecular weight is 861 g/mol. The molecule has 3 aromatic carbocycles. The lowest BCUT2D eigenvalue weighted by Crippen LogP contribution is -2.53. The van der Waals surface area contributed by atoms with Crippen LogP contribution in [0.1, 0.15) is 168 Å². The molecule has 0 N–H and O–H groups in total. The van der Waals surface area contributed by atoms with Crippen molar-refractivity contribution in [2.75, 3.05) is 19.6 Å². The fourth-order valence-electron chi connectivity index (χ4n) is 7.86. The van der Waals surface area contributed by atoms with Crippen molar-refractivity contribution in [1.82, 2.24) is 0 Å². The van der Waals surface area contributed by atoms with Crippen LogP contribution in [0, 0.1) is 52.4 Å². The highest BCUT2D eigenvalue weighted by atomic mass is 19.2. The van der Waals surface area contributed by atoms with Gasteiger partial charge >= 0.3 is 7.32 Å². The molecule has 0 aliphatic carbocycles. The molecule has 14 heteroatoms. The average Bonchev–Trinajstić information content (AvgIpc) is 3.21. The maximum atomic E-state index is 16.7. The highest BCUT2D eigenvalue weighted by Gasteiger charge is 2.43. The summed E-state index contributed by atoms with van der Waals surface area (Å²) in [5, 5.41) is 0. The highest BCUT2D eigenvalue weighted by Crippen LogP contribution is 2.43. The van der Waals surface area contributed by atoms with Crippen molar-refractivity contribution < 1.29 is 58.0 Å². The van der Waals surface area contributed by atoms with Gasteiger partial charge in [-0.05, 0) is 25.7 Å². The van der Waals surface area contributed by atoms with Crippen LogP contribution >= 0.6 is 0 Å². The number of hydrogen-bond acceptors (Lipinski definition) is 3. The molecule has 0 radical (unpaired) electrons. The molecule has 0 saturated heterocycles. The summed E-state index contributed by atoms with van der Waals surface area (Å²) in [5.41, 5.74) is -0.318. The molecule has 0 bridgehead atoms. The third-order valence-electron chi connectivity index (χ3n) is 11.2. The normalized spacial score (nSPS) is 12.2. The van der Waals surface area contributed by atoms with Crippen LogP contribution in [0.5, 0.6) is 17.2 Å². The summed E-state index contributed by atoms with van der Waals surface area (Å²) in [7, 11) is -2.33. The van der Waals surface area contributed by atoms with Gasteiger partial charge < -0.3 is 18.4 Å². The molecule has 3 aromatic rings. The van der Waals surface area contributed by atoms with Crippen LogP contribution in [0.2, 0.25) is 0 Å². The molecule has 0 aliphatic heterocycles. The number of halogens is 9. The van der Waals surface area contributed by atoms with E-state index in [1.165, 1.54) is 44.9 Å². The fourth-order valence-corrected chi connectivity index (χ4v) is 7.86. The summed E-state index contributed by atoms with van der Waals surface area (Å²) in [4.78, 5) is 0. The maximum Gasteiger partial charge on any atom is 0.864 e. The zero-order valence-electron chi connectivity index (χ0n) is 35.9. The van der Waals surface area contributed by atoms with Gasteiger partial charge in [0.25, 0.3) is 0 Å². The van der Waals surface area contributed by atoms with E-state index in [0.29, 0.717) is 67.3 Å². The van der Waals surface area contributed by atoms with Gasteiger partial charge in [0.2, 0.25) is 0 Å². The smallest absolute Gasteiger partial charge is 0.489 e. The van der Waals surface area contributed by atoms with Crippen LogP contribution < -0.4 is 14.0 Å². The van der Waals surface area contributed by atoms with E-state index in [9.17, 15) is 26.3 Å². The Labute approximate surface area is 351 Å². The Morgan fingerprint density at radius 3 is 1.15 bits per heavy atom. The summed E-state index contributed by atoms with van der Waals surface area (Å²) < 4.78 is 150. The Balaban J connectivity index is 2.06. The topological polar surface area (TPSA) is 27.7 Å². The fraction of sp³-hybridized carbons (Fsp3) is 0.609. The van der Waals surface area contributed by atoms with Crippen LogP contribution in [-0.2, 0) is 0 Å². The molecule has 4 nitrogen and oxygen atoms in total. The van der Waals surface area contributed by atoms with Crippen LogP contribution in [0.25, 0.3) is 0 Å². The zero-order valence-corrected chi connectivity index (χ0v) is 35.9. The third-order valence-corrected chi connectivity index (χ3v) is 11.2. The van der Waals surface area contributed by atoms with E-state index in [1.807, 2.05) is 20.8 Å². The van der Waals surface area contributed by atoms with E-state index < -0.39 is 83.0 Å². The molecular weight excluding hydrogens is 796 g/mol. The second kappa shape index (κ2) is 26.7. The lowest BCUT2D eigenvalue weighted by Gasteiger charge is -2.46. The molecule has 0 heterocycles. The van der Waals surface area contributed by atoms with Gasteiger partial charge in [-0.25, -0.2) is 39.5 Å². The standard InChI is InChI=1S/C46H64BF9NO3/c1-5-9-13-14-15-16-17-18-19-20-21-22-23-24-40(57(25-10-6-2,26-11-7-3)27-12-8-4)42-41(32-39(52)45(55)46(42)56)60-47(58-33-28-35(48)43(53)36(49)29-33)59-34-30-37(50)44(54)38(51)31-34/h28-32,40H,5-27H2,1-4H3/q+1. The van der Waals surface area contributed by atoms with E-state index >= 15 is 13.2 Å². The Hall–Kier alpha value is -3.55. The van der Waals surface area contributed by atoms with Crippen molar-refractivity contribution in [2.45, 2.75) is 162 Å². The molecule has 1 atom stereocenters. The second-order valence-electron chi connectivity index (χ2n) is 15.9. The number of hydrogen-bond donors (Lipinski definition) is 0. The summed E-state index contributed by atoms with van der Waals surface area (Å²) in [6.07, 6.45) is 19.5. The van der Waals surface area contributed by atoms with Crippen LogP contribution in [-0.4, -0.2) is 31.4 Å². The monoisotopic (exact) mass is 860 g/mol. The number of unbranched alkanes of at least 4 members (excludes halogenated alkanes) is 15. The predicted molar refractivity (Wildman–Crippen MR) is 219 cm³/mol. The summed E-state index contributed by atoms with van der Waals surface area (Å²) in [6, 6.07) is 1.53. The number of nitrogens with zero attached hydrogens (tertiary/aromatic N) is 1. The first-order valence-electron chi connectivity index (χ1n) is 22.1. The van der Waals surface area contributed by atoms with Crippen molar-refractivity contribution in [3.05, 3.63) is 88.3 Å². The van der Waals surface area contributed by atoms with Crippen LogP contribution in [0.4, 0.5) is 39.5 Å². The lowest BCUT2D eigenvalue weighted by molar-refractivity contribution is -0.958. The van der Waals surface area contributed by atoms with E-state index in [4.69, 9.17) is 14.0 Å². The molecule has 60 heavy (non-hydrogen) atoms. The molecular formula is C46H64BF9NO3+. The number of benzene rings is 3. The largest absolute Gasteiger partial charge is 0.864 e. The van der Waals surface area contributed by atoms with Crippen molar-refractivity contribution in [3.63, 3.8) is 0 Å². The van der Waals surface area contributed by atoms with E-state index in [0.717, 1.165) is 70.6 Å². The Bertz CT molecular complexity index is 1610. The lowest BCUT2D eigenvalue weighted by atomic mass is 9.92. The molecule has 0 aliphatic rings. The van der Waals surface area contributed by atoms with Crippen molar-refractivity contribution >= 4 is 7.32 Å². The SMILES string of the molecule is CCCCCCCCCCCCCCCC(c1c(OB(Oc2cc(F)c(F)c(F)c2)Oc2cc(F)c(F)c(F)c2)cc(F)c(F)c1F)[N+](CCCC)(CCCC)CCCC. The number of rotatable bonds is 31. The molecule has 336 valence electrons. The Kier molecular flexibility index (Phi) is 22.6. The van der Waals surface area contributed by atoms with E-state index in [2.05, 4.69) is 6.92 Å². The van der Waals surface area contributed by atoms with Crippen molar-refractivity contribution in [3.8, 4) is 17.2 Å². The minimum Gasteiger partial charge on any atom is -0.489 e. The summed E-state index contributed by atoms with van der Waals surface area (Å²) in [5.74, 6) is -17.3. The third kappa shape index (κ3) is 15.4. The minimum absolute atomic E-state index is 0.318. The zero-order chi connectivity index (χ0) is 44.1. The van der Waals surface area contributed by atoms with E-state index in [1.54, 1.807) is 0 Å². The van der Waals surface area contributed by atoms with Gasteiger partial charge in [0.05, 0.1) is 25.2 Å². The summed E-state index contributed by atoms with van der Waals surface area (Å²) in [6.45, 7) is 10.1. The second-order valence-corrected chi connectivity index (χ2v) is 15.9. The molecule has 0 fully saturated rings. The van der Waals surface area contributed by atoms with Crippen molar-refractivity contribution in [1.29, 1.82) is 0 Å². The molecule has 0 saturated carbocycles. The van der Waals surface area contributed by atoms with Crippen molar-refractivity contribution in [2.24, 2.45) is 0 Å². The van der Waals surface area contributed by atoms with Gasteiger partial charge in [-0.2, -0.15) is 0 Å². The Morgan fingerprint density at radius 1 is 0.417 bits per heavy atom. The summed E-state index contributed by atoms with van der Waals surface area (Å²) >= 11 is 0. The minimum atomic E-state index is -2.33. The van der Waals surface area contributed by atoms with Gasteiger partial charge in [0.15, 0.2) is 52.4 Å². The molecule has 3 rings (SSSR count). The maximum absolute atomic E-state index is 16.7. The molecule has 0 amide bonds. The first-order chi connectivity index (χ1) is 28.8. The van der Waals surface area contributed by atoms with Crippen LogP contribution in [0.3, 0.4) is 0 Å². The predicted octanol–water partition coefficient (Wildman–Crippen LogP) is 15.2. The number of quaternary nitrogens is 1. The molecule has 1 unspecified atom stereocenters. The Morgan fingerprint density at radius 2 is 0.767 bits per heavy atom. The first kappa shape index (κ1) is 50.8. The van der Waals surface area contributed by atoms with Gasteiger partial charge in [-0.1, -0.05) is 124 Å². The van der Waals surface area contributed by atoms with Crippen LogP contribution in [0.15, 0.2) is 30.3 Å². The van der Waals surface area contributed by atoms with Gasteiger partial charge in [-0.3, -0.25) is 0 Å². The first-order valence-corrected chi connectivity index (χ1v) is 22.1. The molecule has 0 aromatic heterocycles. The molecule has 0 spiro atoms. The van der Waals surface area contributed by atoms with E-state index in [-0.39, 0.29) is 5.56 Å². The van der Waals surface area contributed by atoms with Gasteiger partial charge in [0.1, 0.15) is 23.3 Å². The highest BCUT2D eigenvalue weighted by molar-refractivity contribution is 6.39. The van der Waals surface area contributed by atoms with Gasteiger partial charge in [-0.15, -0.1) is 0 Å².